The molecule has 0 N–H and O–H groups in total. The third kappa shape index (κ3) is 3.95. The lowest BCUT2D eigenvalue weighted by molar-refractivity contribution is 0.102. The molecule has 0 aliphatic heterocycles. The highest BCUT2D eigenvalue weighted by Crippen LogP contribution is 2.14. The van der Waals surface area contributed by atoms with Gasteiger partial charge >= 0.3 is 0 Å². The van der Waals surface area contributed by atoms with E-state index >= 15 is 0 Å². The Balaban J connectivity index is 2.67. The van der Waals surface area contributed by atoms with Crippen molar-refractivity contribution in [2.75, 3.05) is 12.9 Å². The molecule has 1 aromatic carbocycles. The van der Waals surface area contributed by atoms with Crippen LogP contribution in [0.1, 0.15) is 31.1 Å². The summed E-state index contributed by atoms with van der Waals surface area (Å²) in [5.41, 5.74) is 0.583. The first-order valence-corrected chi connectivity index (χ1v) is 7.38. The molecule has 1 aromatic rings. The molecule has 0 aliphatic rings. The van der Waals surface area contributed by atoms with Gasteiger partial charge in [0.2, 0.25) is 0 Å². The highest BCUT2D eigenvalue weighted by Gasteiger charge is 2.18. The first-order valence-electron chi connectivity index (χ1n) is 6.00. The van der Waals surface area contributed by atoms with Crippen LogP contribution in [0.2, 0.25) is 0 Å². The fourth-order valence-corrected chi connectivity index (χ4v) is 2.72. The summed E-state index contributed by atoms with van der Waals surface area (Å²) in [6.07, 6.45) is 0. The first-order chi connectivity index (χ1) is 8.45. The minimum absolute atomic E-state index is 0.0344. The standard InChI is InChI=1S/C14H20O3S/c1-10(2)11(3)18(16)9-14(15)12-5-7-13(17-4)8-6-12/h5-8,10-11H,9H2,1-4H3. The number of hydrogen-bond acceptors (Lipinski definition) is 3. The highest BCUT2D eigenvalue weighted by molar-refractivity contribution is 7.86. The van der Waals surface area contributed by atoms with Crippen molar-refractivity contribution >= 4 is 16.6 Å². The van der Waals surface area contributed by atoms with Gasteiger partial charge in [0.25, 0.3) is 0 Å². The molecule has 0 saturated carbocycles. The van der Waals surface area contributed by atoms with Gasteiger partial charge in [-0.15, -0.1) is 0 Å². The monoisotopic (exact) mass is 268 g/mol. The topological polar surface area (TPSA) is 43.4 Å². The van der Waals surface area contributed by atoms with Crippen LogP contribution in [0, 0.1) is 5.92 Å². The smallest absolute Gasteiger partial charge is 0.175 e. The zero-order chi connectivity index (χ0) is 13.7. The molecule has 0 amide bonds. The summed E-state index contributed by atoms with van der Waals surface area (Å²) >= 11 is 0. The third-order valence-electron chi connectivity index (χ3n) is 3.04. The normalized spacial score (nSPS) is 14.3. The lowest BCUT2D eigenvalue weighted by Crippen LogP contribution is -2.24. The summed E-state index contributed by atoms with van der Waals surface area (Å²) in [4.78, 5) is 11.9. The molecule has 100 valence electrons. The van der Waals surface area contributed by atoms with Crippen LogP contribution in [0.25, 0.3) is 0 Å². The largest absolute Gasteiger partial charge is 0.497 e. The van der Waals surface area contributed by atoms with E-state index in [0.717, 1.165) is 0 Å². The molecule has 0 heterocycles. The van der Waals surface area contributed by atoms with E-state index in [2.05, 4.69) is 0 Å². The molecule has 0 aliphatic carbocycles. The zero-order valence-electron chi connectivity index (χ0n) is 11.3. The van der Waals surface area contributed by atoms with Crippen molar-refractivity contribution in [3.8, 4) is 5.75 Å². The van der Waals surface area contributed by atoms with E-state index in [4.69, 9.17) is 4.74 Å². The van der Waals surface area contributed by atoms with Gasteiger partial charge in [-0.05, 0) is 30.2 Å². The molecule has 2 atom stereocenters. The maximum absolute atomic E-state index is 12.0. The van der Waals surface area contributed by atoms with Gasteiger partial charge in [0.1, 0.15) is 5.75 Å². The lowest BCUT2D eigenvalue weighted by atomic mass is 10.1. The summed E-state index contributed by atoms with van der Waals surface area (Å²) in [7, 11) is 0.466. The molecule has 1 rings (SSSR count). The van der Waals surface area contributed by atoms with Crippen LogP contribution in [0.5, 0.6) is 5.75 Å². The van der Waals surface area contributed by atoms with Gasteiger partial charge in [-0.2, -0.15) is 0 Å². The Morgan fingerprint density at radius 3 is 2.22 bits per heavy atom. The van der Waals surface area contributed by atoms with Crippen LogP contribution in [-0.4, -0.2) is 28.1 Å². The number of methoxy groups -OCH3 is 1. The molecule has 3 nitrogen and oxygen atoms in total. The second-order valence-corrected chi connectivity index (χ2v) is 6.42. The highest BCUT2D eigenvalue weighted by atomic mass is 32.2. The maximum Gasteiger partial charge on any atom is 0.175 e. The predicted molar refractivity (Wildman–Crippen MR) is 74.6 cm³/mol. The minimum atomic E-state index is -1.11. The van der Waals surface area contributed by atoms with Gasteiger partial charge in [0.15, 0.2) is 5.78 Å². The molecule has 4 heteroatoms. The SMILES string of the molecule is COc1ccc(C(=O)CS(=O)C(C)C(C)C)cc1. The molecule has 0 spiro atoms. The molecule has 0 saturated heterocycles. The summed E-state index contributed by atoms with van der Waals surface area (Å²) in [5.74, 6) is 1.03. The summed E-state index contributed by atoms with van der Waals surface area (Å²) in [5, 5.41) is 0.0344. The van der Waals surface area contributed by atoms with Gasteiger partial charge < -0.3 is 4.74 Å². The number of hydrogen-bond donors (Lipinski definition) is 0. The number of ether oxygens (including phenoxy) is 1. The summed E-state index contributed by atoms with van der Waals surface area (Å²) in [6, 6.07) is 6.89. The van der Waals surface area contributed by atoms with Gasteiger partial charge in [0.05, 0.1) is 12.9 Å². The van der Waals surface area contributed by atoms with Crippen molar-refractivity contribution in [3.63, 3.8) is 0 Å². The molecule has 2 unspecified atom stereocenters. The average Bonchev–Trinajstić information content (AvgIpc) is 2.37. The molecule has 0 radical (unpaired) electrons. The van der Waals surface area contributed by atoms with Crippen molar-refractivity contribution in [3.05, 3.63) is 29.8 Å². The van der Waals surface area contributed by atoms with Crippen molar-refractivity contribution in [1.82, 2.24) is 0 Å². The number of carbonyl (C=O) groups excluding carboxylic acids is 1. The second kappa shape index (κ2) is 6.69. The van der Waals surface area contributed by atoms with Crippen molar-refractivity contribution in [2.45, 2.75) is 26.0 Å². The predicted octanol–water partition coefficient (Wildman–Crippen LogP) is 2.67. The van der Waals surface area contributed by atoms with Crippen molar-refractivity contribution in [1.29, 1.82) is 0 Å². The number of Topliss-reactive ketones (excluding diaryl/α,β-unsaturated/α-hetero) is 1. The van der Waals surface area contributed by atoms with E-state index in [9.17, 15) is 9.00 Å². The Hall–Kier alpha value is -1.16. The van der Waals surface area contributed by atoms with Crippen molar-refractivity contribution < 1.29 is 13.7 Å². The molecule has 0 bridgehead atoms. The van der Waals surface area contributed by atoms with E-state index in [-0.39, 0.29) is 16.8 Å². The van der Waals surface area contributed by atoms with Crippen LogP contribution in [0.3, 0.4) is 0 Å². The van der Waals surface area contributed by atoms with E-state index in [1.54, 1.807) is 31.4 Å². The van der Waals surface area contributed by atoms with Crippen LogP contribution in [-0.2, 0) is 10.8 Å². The van der Waals surface area contributed by atoms with E-state index in [1.165, 1.54) is 0 Å². The van der Waals surface area contributed by atoms with E-state index in [1.807, 2.05) is 20.8 Å². The second-order valence-electron chi connectivity index (χ2n) is 4.63. The Bertz CT molecular complexity index is 423. The Morgan fingerprint density at radius 2 is 1.78 bits per heavy atom. The molecule has 18 heavy (non-hydrogen) atoms. The molecular weight excluding hydrogens is 248 g/mol. The maximum atomic E-state index is 12.0. The fourth-order valence-electron chi connectivity index (χ4n) is 1.42. The van der Waals surface area contributed by atoms with Gasteiger partial charge in [-0.3, -0.25) is 9.00 Å². The van der Waals surface area contributed by atoms with Gasteiger partial charge in [0, 0.05) is 21.6 Å². The van der Waals surface area contributed by atoms with Crippen LogP contribution < -0.4 is 4.74 Å². The number of rotatable bonds is 6. The summed E-state index contributed by atoms with van der Waals surface area (Å²) < 4.78 is 17.0. The summed E-state index contributed by atoms with van der Waals surface area (Å²) in [6.45, 7) is 5.95. The van der Waals surface area contributed by atoms with E-state index < -0.39 is 10.8 Å². The fraction of sp³-hybridized carbons (Fsp3) is 0.500. The molecule has 0 fully saturated rings. The van der Waals surface area contributed by atoms with Crippen LogP contribution >= 0.6 is 0 Å². The number of benzene rings is 1. The Kier molecular flexibility index (Phi) is 5.54. The van der Waals surface area contributed by atoms with Gasteiger partial charge in [-0.25, -0.2) is 0 Å². The van der Waals surface area contributed by atoms with Crippen LogP contribution in [0.4, 0.5) is 0 Å². The third-order valence-corrected chi connectivity index (χ3v) is 4.96. The Labute approximate surface area is 111 Å². The van der Waals surface area contributed by atoms with Gasteiger partial charge in [-0.1, -0.05) is 20.8 Å². The van der Waals surface area contributed by atoms with E-state index in [0.29, 0.717) is 17.2 Å². The first kappa shape index (κ1) is 14.9. The lowest BCUT2D eigenvalue weighted by Gasteiger charge is -2.14. The van der Waals surface area contributed by atoms with Crippen LogP contribution in [0.15, 0.2) is 24.3 Å². The molecular formula is C14H20O3S. The molecule has 0 aromatic heterocycles. The quantitative estimate of drug-likeness (QED) is 0.745. The van der Waals surface area contributed by atoms with Crippen molar-refractivity contribution in [2.24, 2.45) is 5.92 Å². The number of carbonyl (C=O) groups is 1. The zero-order valence-corrected chi connectivity index (χ0v) is 12.1. The number of ketones is 1. The Morgan fingerprint density at radius 1 is 1.22 bits per heavy atom. The minimum Gasteiger partial charge on any atom is -0.497 e. The average molecular weight is 268 g/mol.